The molecule has 1 heterocycles. The van der Waals surface area contributed by atoms with E-state index in [2.05, 4.69) is 9.88 Å². The van der Waals surface area contributed by atoms with E-state index in [-0.39, 0.29) is 10.8 Å². The molecular weight excluding hydrogens is 324 g/mol. The molecule has 0 unspecified atom stereocenters. The molecule has 0 radical (unpaired) electrons. The number of nitrogens with one attached hydrogen (secondary N) is 1. The van der Waals surface area contributed by atoms with E-state index < -0.39 is 10.0 Å². The van der Waals surface area contributed by atoms with Crippen molar-refractivity contribution in [2.24, 2.45) is 0 Å². The average molecular weight is 342 g/mol. The van der Waals surface area contributed by atoms with Gasteiger partial charge >= 0.3 is 0 Å². The first-order chi connectivity index (χ1) is 11.4. The van der Waals surface area contributed by atoms with E-state index in [4.69, 9.17) is 4.52 Å². The van der Waals surface area contributed by atoms with Crippen molar-refractivity contribution >= 4 is 15.9 Å². The molecule has 124 valence electrons. The van der Waals surface area contributed by atoms with Crippen LogP contribution in [0.25, 0.3) is 11.1 Å². The fraction of sp³-hybridized carbons (Fsp3) is 0.167. The Hall–Kier alpha value is -2.60. The molecule has 0 aliphatic carbocycles. The first-order valence-corrected chi connectivity index (χ1v) is 8.97. The van der Waals surface area contributed by atoms with Crippen LogP contribution in [-0.2, 0) is 10.0 Å². The second-order valence-electron chi connectivity index (χ2n) is 5.81. The zero-order valence-corrected chi connectivity index (χ0v) is 14.5. The highest BCUT2D eigenvalue weighted by atomic mass is 32.2. The molecule has 3 rings (SSSR count). The van der Waals surface area contributed by atoms with Crippen molar-refractivity contribution in [3.63, 3.8) is 0 Å². The van der Waals surface area contributed by atoms with Gasteiger partial charge in [0.15, 0.2) is 0 Å². The number of benzene rings is 2. The summed E-state index contributed by atoms with van der Waals surface area (Å²) in [4.78, 5) is 0.222. The van der Waals surface area contributed by atoms with Gasteiger partial charge in [-0.05, 0) is 38.0 Å². The molecule has 0 atom stereocenters. The van der Waals surface area contributed by atoms with Crippen molar-refractivity contribution in [3.05, 3.63) is 65.4 Å². The highest BCUT2D eigenvalue weighted by Crippen LogP contribution is 2.30. The van der Waals surface area contributed by atoms with Gasteiger partial charge in [-0.15, -0.1) is 0 Å². The van der Waals surface area contributed by atoms with Crippen LogP contribution in [0.3, 0.4) is 0 Å². The summed E-state index contributed by atoms with van der Waals surface area (Å²) in [7, 11) is -3.75. The van der Waals surface area contributed by atoms with Crippen LogP contribution in [-0.4, -0.2) is 13.6 Å². The van der Waals surface area contributed by atoms with Gasteiger partial charge in [-0.25, -0.2) is 13.1 Å². The fourth-order valence-electron chi connectivity index (χ4n) is 2.53. The summed E-state index contributed by atoms with van der Waals surface area (Å²) >= 11 is 0. The lowest BCUT2D eigenvalue weighted by Gasteiger charge is -2.10. The van der Waals surface area contributed by atoms with Gasteiger partial charge in [0.25, 0.3) is 10.0 Å². The predicted octanol–water partition coefficient (Wildman–Crippen LogP) is 4.07. The number of nitrogens with zero attached hydrogens (tertiary/aromatic N) is 1. The summed E-state index contributed by atoms with van der Waals surface area (Å²) in [6.45, 7) is 5.67. The summed E-state index contributed by atoms with van der Waals surface area (Å²) in [6, 6.07) is 12.9. The molecular formula is C18H18N2O3S. The van der Waals surface area contributed by atoms with Gasteiger partial charge < -0.3 is 4.52 Å². The van der Waals surface area contributed by atoms with Crippen LogP contribution in [0.4, 0.5) is 5.88 Å². The Kier molecular flexibility index (Phi) is 4.15. The van der Waals surface area contributed by atoms with Crippen LogP contribution in [0.2, 0.25) is 0 Å². The topological polar surface area (TPSA) is 72.2 Å². The lowest BCUT2D eigenvalue weighted by Crippen LogP contribution is -2.14. The van der Waals surface area contributed by atoms with Crippen LogP contribution < -0.4 is 4.72 Å². The number of hydrogen-bond donors (Lipinski definition) is 1. The molecule has 24 heavy (non-hydrogen) atoms. The van der Waals surface area contributed by atoms with Crippen molar-refractivity contribution in [3.8, 4) is 11.1 Å². The molecule has 0 saturated carbocycles. The number of aromatic nitrogens is 1. The molecule has 0 saturated heterocycles. The summed E-state index contributed by atoms with van der Waals surface area (Å²) < 4.78 is 33.0. The number of sulfonamides is 1. The Morgan fingerprint density at radius 2 is 1.62 bits per heavy atom. The quantitative estimate of drug-likeness (QED) is 0.776. The van der Waals surface area contributed by atoms with Crippen molar-refractivity contribution in [1.29, 1.82) is 0 Å². The molecule has 0 aliphatic rings. The van der Waals surface area contributed by atoms with Gasteiger partial charge in [0.2, 0.25) is 5.88 Å². The molecule has 1 aromatic heterocycles. The van der Waals surface area contributed by atoms with E-state index in [1.807, 2.05) is 44.2 Å². The molecule has 1 N–H and O–H groups in total. The van der Waals surface area contributed by atoms with Crippen LogP contribution >= 0.6 is 0 Å². The largest absolute Gasteiger partial charge is 0.337 e. The molecule has 0 spiro atoms. The van der Waals surface area contributed by atoms with Crippen molar-refractivity contribution < 1.29 is 12.9 Å². The molecule has 5 nitrogen and oxygen atoms in total. The zero-order valence-electron chi connectivity index (χ0n) is 13.7. The van der Waals surface area contributed by atoms with Crippen LogP contribution in [0, 0.1) is 20.8 Å². The van der Waals surface area contributed by atoms with Crippen molar-refractivity contribution in [1.82, 2.24) is 5.16 Å². The van der Waals surface area contributed by atoms with E-state index in [1.165, 1.54) is 6.20 Å². The Morgan fingerprint density at radius 3 is 2.29 bits per heavy atom. The second kappa shape index (κ2) is 6.13. The van der Waals surface area contributed by atoms with E-state index >= 15 is 0 Å². The van der Waals surface area contributed by atoms with E-state index in [0.29, 0.717) is 11.1 Å². The van der Waals surface area contributed by atoms with Crippen LogP contribution in [0.5, 0.6) is 0 Å². The lowest BCUT2D eigenvalue weighted by atomic mass is 10.1. The van der Waals surface area contributed by atoms with Gasteiger partial charge in [-0.2, -0.15) is 0 Å². The van der Waals surface area contributed by atoms with Crippen molar-refractivity contribution in [2.45, 2.75) is 25.7 Å². The van der Waals surface area contributed by atoms with Gasteiger partial charge in [-0.3, -0.25) is 0 Å². The standard InChI is InChI=1S/C18H18N2O3S/c1-12-4-7-15(8-5-12)16-11-19-23-18(16)20-24(21,22)17-9-6-13(2)10-14(17)3/h4-11,20H,1-3H3. The van der Waals surface area contributed by atoms with Gasteiger partial charge in [0.05, 0.1) is 16.7 Å². The van der Waals surface area contributed by atoms with Crippen molar-refractivity contribution in [2.75, 3.05) is 4.72 Å². The van der Waals surface area contributed by atoms with Crippen LogP contribution in [0.1, 0.15) is 16.7 Å². The van der Waals surface area contributed by atoms with E-state index in [0.717, 1.165) is 16.7 Å². The van der Waals surface area contributed by atoms with Gasteiger partial charge in [0.1, 0.15) is 0 Å². The normalized spacial score (nSPS) is 11.5. The summed E-state index contributed by atoms with van der Waals surface area (Å²) in [5, 5.41) is 3.73. The summed E-state index contributed by atoms with van der Waals surface area (Å²) in [5.41, 5.74) is 4.24. The fourth-order valence-corrected chi connectivity index (χ4v) is 3.76. The molecule has 2 aromatic carbocycles. The van der Waals surface area contributed by atoms with Crippen LogP contribution in [0.15, 0.2) is 58.1 Å². The Balaban J connectivity index is 1.97. The maximum Gasteiger partial charge on any atom is 0.264 e. The molecule has 0 fully saturated rings. The Bertz CT molecular complexity index is 974. The highest BCUT2D eigenvalue weighted by molar-refractivity contribution is 7.92. The third kappa shape index (κ3) is 3.19. The first kappa shape index (κ1) is 16.3. The monoisotopic (exact) mass is 342 g/mol. The molecule has 3 aromatic rings. The maximum absolute atomic E-state index is 12.7. The SMILES string of the molecule is Cc1ccc(-c2cnoc2NS(=O)(=O)c2ccc(C)cc2C)cc1. The zero-order chi connectivity index (χ0) is 17.3. The molecule has 0 aliphatic heterocycles. The third-order valence-corrected chi connectivity index (χ3v) is 5.27. The van der Waals surface area contributed by atoms with Gasteiger partial charge in [-0.1, -0.05) is 52.7 Å². The Morgan fingerprint density at radius 1 is 0.958 bits per heavy atom. The van der Waals surface area contributed by atoms with Gasteiger partial charge in [0, 0.05) is 0 Å². The number of rotatable bonds is 4. The maximum atomic E-state index is 12.7. The summed E-state index contributed by atoms with van der Waals surface area (Å²) in [5.74, 6) is 0.110. The minimum absolute atomic E-state index is 0.110. The minimum atomic E-state index is -3.75. The molecule has 0 amide bonds. The lowest BCUT2D eigenvalue weighted by molar-refractivity contribution is 0.435. The predicted molar refractivity (Wildman–Crippen MR) is 93.4 cm³/mol. The molecule has 6 heteroatoms. The van der Waals surface area contributed by atoms with E-state index in [1.54, 1.807) is 19.1 Å². The number of anilines is 1. The van der Waals surface area contributed by atoms with E-state index in [9.17, 15) is 8.42 Å². The number of aryl methyl sites for hydroxylation is 3. The third-order valence-electron chi connectivity index (χ3n) is 3.78. The second-order valence-corrected chi connectivity index (χ2v) is 7.46. The average Bonchev–Trinajstić information content (AvgIpc) is 2.95. The minimum Gasteiger partial charge on any atom is -0.337 e. The molecule has 0 bridgehead atoms. The first-order valence-electron chi connectivity index (χ1n) is 7.48. The Labute approximate surface area is 141 Å². The number of hydrogen-bond acceptors (Lipinski definition) is 4. The summed E-state index contributed by atoms with van der Waals surface area (Å²) in [6.07, 6.45) is 1.50. The smallest absolute Gasteiger partial charge is 0.264 e. The highest BCUT2D eigenvalue weighted by Gasteiger charge is 2.21.